The molecule has 0 saturated carbocycles. The van der Waals surface area contributed by atoms with Crippen LogP contribution in [0.2, 0.25) is 0 Å². The van der Waals surface area contributed by atoms with Gasteiger partial charge < -0.3 is 9.80 Å². The summed E-state index contributed by atoms with van der Waals surface area (Å²) in [6, 6.07) is 44.6. The van der Waals surface area contributed by atoms with Crippen LogP contribution in [0.5, 0.6) is 0 Å². The molecule has 0 atom stereocenters. The Hall–Kier alpha value is -5.32. The average molecular weight is 963 g/mol. The molecule has 0 unspecified atom stereocenters. The molecule has 8 aromatic rings. The van der Waals surface area contributed by atoms with E-state index in [1.807, 2.05) is 0 Å². The second-order valence-corrected chi connectivity index (χ2v) is 29.3. The van der Waals surface area contributed by atoms with Gasteiger partial charge in [0.25, 0.3) is 6.71 Å². The number of benzene rings is 7. The van der Waals surface area contributed by atoms with Crippen LogP contribution in [-0.4, -0.2) is 6.71 Å². The van der Waals surface area contributed by atoms with Crippen LogP contribution in [0.1, 0.15) is 181 Å². The number of hydrogen-bond acceptors (Lipinski definition) is 3. The van der Waals surface area contributed by atoms with E-state index < -0.39 is 0 Å². The van der Waals surface area contributed by atoms with Gasteiger partial charge in [-0.15, -0.1) is 11.3 Å². The fourth-order valence-corrected chi connectivity index (χ4v) is 15.7. The van der Waals surface area contributed by atoms with E-state index in [9.17, 15) is 0 Å². The van der Waals surface area contributed by atoms with Gasteiger partial charge in [0, 0.05) is 43.3 Å². The molecule has 0 saturated heterocycles. The third-order valence-electron chi connectivity index (χ3n) is 19.5. The van der Waals surface area contributed by atoms with Crippen LogP contribution in [0.15, 0.2) is 109 Å². The van der Waals surface area contributed by atoms with E-state index in [0.29, 0.717) is 0 Å². The van der Waals surface area contributed by atoms with Crippen LogP contribution in [0, 0.1) is 0 Å². The number of thiophene rings is 1. The van der Waals surface area contributed by atoms with Crippen molar-refractivity contribution >= 4 is 99.5 Å². The van der Waals surface area contributed by atoms with Gasteiger partial charge in [-0.25, -0.2) is 0 Å². The lowest BCUT2D eigenvalue weighted by Gasteiger charge is -2.48. The number of nitrogens with zero attached hydrogens (tertiary/aromatic N) is 2. The minimum atomic E-state index is -0.115. The second kappa shape index (κ2) is 14.7. The van der Waals surface area contributed by atoms with E-state index in [1.165, 1.54) is 159 Å². The van der Waals surface area contributed by atoms with Crippen molar-refractivity contribution in [2.24, 2.45) is 0 Å². The molecule has 3 aliphatic carbocycles. The Kier molecular flexibility index (Phi) is 9.49. The summed E-state index contributed by atoms with van der Waals surface area (Å²) in [5.74, 6) is 0. The Morgan fingerprint density at radius 2 is 0.903 bits per heavy atom. The maximum absolute atomic E-state index is 2.75. The van der Waals surface area contributed by atoms with Crippen molar-refractivity contribution in [3.8, 4) is 0 Å². The standard InChI is InChI=1S/C68H75BN2S/c1-62(2,3)44-33-56-59-57(34-44)71(45-21-20-42-30-40-18-16-17-19-41(40)31-43(42)32-45)60-47-36-50-53(68(14,15)29-26-65(50,8)9)39-58(47)72-61(60)69(59)54-37-51-52(67(12,13)28-27-66(51,10)11)38-55(54)70(56)46-22-23-48-49(35-46)64(6,7)25-24-63(48,4)5/h16-23,30-39H,24-29H2,1-15H3. The molecule has 0 spiro atoms. The second-order valence-electron chi connectivity index (χ2n) is 28.2. The van der Waals surface area contributed by atoms with Gasteiger partial charge in [0.2, 0.25) is 0 Å². The molecule has 4 heteroatoms. The highest BCUT2D eigenvalue weighted by Gasteiger charge is 2.49. The minimum Gasteiger partial charge on any atom is -0.311 e. The van der Waals surface area contributed by atoms with Gasteiger partial charge in [-0.3, -0.25) is 0 Å². The van der Waals surface area contributed by atoms with E-state index in [2.05, 4.69) is 234 Å². The van der Waals surface area contributed by atoms with E-state index >= 15 is 0 Å². The summed E-state index contributed by atoms with van der Waals surface area (Å²) in [6.45, 7) is 37.2. The molecule has 0 N–H and O–H groups in total. The van der Waals surface area contributed by atoms with Crippen molar-refractivity contribution in [3.63, 3.8) is 0 Å². The number of anilines is 6. The van der Waals surface area contributed by atoms with Crippen molar-refractivity contribution in [1.82, 2.24) is 0 Å². The van der Waals surface area contributed by atoms with Crippen LogP contribution >= 0.6 is 11.3 Å². The monoisotopic (exact) mass is 963 g/mol. The highest BCUT2D eigenvalue weighted by molar-refractivity contribution is 7.33. The summed E-state index contributed by atoms with van der Waals surface area (Å²) in [7, 11) is 0. The molecule has 3 heterocycles. The fourth-order valence-electron chi connectivity index (χ4n) is 14.4. The van der Waals surface area contributed by atoms with E-state index in [1.54, 1.807) is 0 Å². The smallest absolute Gasteiger partial charge is 0.264 e. The molecular formula is C68H75BN2S. The van der Waals surface area contributed by atoms with Gasteiger partial charge >= 0.3 is 0 Å². The first kappa shape index (κ1) is 46.5. The van der Waals surface area contributed by atoms with Crippen LogP contribution in [0.4, 0.5) is 34.1 Å². The summed E-state index contributed by atoms with van der Waals surface area (Å²) in [5.41, 5.74) is 21.7. The van der Waals surface area contributed by atoms with Crippen molar-refractivity contribution in [3.05, 3.63) is 148 Å². The largest absolute Gasteiger partial charge is 0.311 e. The van der Waals surface area contributed by atoms with Gasteiger partial charge in [0.15, 0.2) is 0 Å². The zero-order valence-corrected chi connectivity index (χ0v) is 46.8. The lowest BCUT2D eigenvalue weighted by molar-refractivity contribution is 0.332. The molecule has 0 amide bonds. The first-order valence-electron chi connectivity index (χ1n) is 27.4. The third-order valence-corrected chi connectivity index (χ3v) is 20.7. The Bertz CT molecular complexity index is 3660. The minimum absolute atomic E-state index is 0.0539. The molecule has 13 rings (SSSR count). The molecule has 7 aromatic carbocycles. The van der Waals surface area contributed by atoms with Gasteiger partial charge in [-0.1, -0.05) is 146 Å². The quantitative estimate of drug-likeness (QED) is 0.126. The van der Waals surface area contributed by atoms with Crippen LogP contribution in [-0.2, 0) is 37.9 Å². The first-order chi connectivity index (χ1) is 33.7. The topological polar surface area (TPSA) is 6.48 Å². The molecule has 2 aliphatic heterocycles. The van der Waals surface area contributed by atoms with Crippen LogP contribution in [0.3, 0.4) is 0 Å². The Morgan fingerprint density at radius 3 is 1.50 bits per heavy atom. The zero-order valence-electron chi connectivity index (χ0n) is 46.0. The number of hydrogen-bond donors (Lipinski definition) is 0. The Labute approximate surface area is 435 Å². The molecule has 1 aromatic heterocycles. The normalized spacial score (nSPS) is 20.4. The maximum atomic E-state index is 2.75. The summed E-state index contributed by atoms with van der Waals surface area (Å²) in [4.78, 5) is 5.50. The predicted molar refractivity (Wildman–Crippen MR) is 315 cm³/mol. The highest BCUT2D eigenvalue weighted by Crippen LogP contribution is 2.56. The SMILES string of the molecule is CC(C)(C)c1cc2c3c(c1)N(c1ccc4cc5ccccc5cc4c1)c1c(sc4cc5c(cc14)C(C)(C)CCC5(C)C)B3c1cc3c(cc1N2c1ccc2c(c1)C(C)(C)CCC2(C)C)C(C)(C)CCC3(C)C. The maximum Gasteiger partial charge on any atom is 0.264 e. The molecule has 2 nitrogen and oxygen atoms in total. The molecule has 0 radical (unpaired) electrons. The fraction of sp³-hybridized carbons (Fsp3) is 0.412. The van der Waals surface area contributed by atoms with Crippen molar-refractivity contribution < 1.29 is 0 Å². The lowest BCUT2D eigenvalue weighted by Crippen LogP contribution is -2.61. The van der Waals surface area contributed by atoms with Gasteiger partial charge in [0.1, 0.15) is 0 Å². The van der Waals surface area contributed by atoms with Crippen LogP contribution < -0.4 is 25.5 Å². The van der Waals surface area contributed by atoms with E-state index in [-0.39, 0.29) is 44.6 Å². The molecule has 0 fully saturated rings. The zero-order chi connectivity index (χ0) is 50.6. The number of rotatable bonds is 2. The van der Waals surface area contributed by atoms with Crippen molar-refractivity contribution in [1.29, 1.82) is 0 Å². The molecule has 5 aliphatic rings. The summed E-state index contributed by atoms with van der Waals surface area (Å²) < 4.78 is 2.88. The molecule has 72 heavy (non-hydrogen) atoms. The average Bonchev–Trinajstić information content (AvgIpc) is 3.69. The Morgan fingerprint density at radius 1 is 0.431 bits per heavy atom. The van der Waals surface area contributed by atoms with E-state index in [0.717, 1.165) is 0 Å². The first-order valence-corrected chi connectivity index (χ1v) is 28.2. The predicted octanol–water partition coefficient (Wildman–Crippen LogP) is 17.6. The Balaban J connectivity index is 1.18. The number of fused-ring (bicyclic) bond motifs is 11. The summed E-state index contributed by atoms with van der Waals surface area (Å²) in [6.07, 6.45) is 7.14. The molecule has 366 valence electrons. The summed E-state index contributed by atoms with van der Waals surface area (Å²) >= 11 is 2.08. The van der Waals surface area contributed by atoms with Gasteiger partial charge in [0.05, 0.1) is 5.69 Å². The van der Waals surface area contributed by atoms with Crippen molar-refractivity contribution in [2.45, 2.75) is 180 Å². The van der Waals surface area contributed by atoms with Gasteiger partial charge in [-0.2, -0.15) is 0 Å². The summed E-state index contributed by atoms with van der Waals surface area (Å²) in [5, 5.41) is 6.52. The molecular weight excluding hydrogens is 888 g/mol. The van der Waals surface area contributed by atoms with E-state index in [4.69, 9.17) is 0 Å². The third kappa shape index (κ3) is 6.65. The highest BCUT2D eigenvalue weighted by atomic mass is 32.1. The van der Waals surface area contributed by atoms with Crippen molar-refractivity contribution in [2.75, 3.05) is 9.80 Å². The lowest BCUT2D eigenvalue weighted by atomic mass is 9.35. The molecule has 0 bridgehead atoms. The van der Waals surface area contributed by atoms with Gasteiger partial charge in [-0.05, 0) is 215 Å². The van der Waals surface area contributed by atoms with Crippen LogP contribution in [0.25, 0.3) is 31.6 Å².